The second-order valence-corrected chi connectivity index (χ2v) is 5.78. The molecule has 0 saturated carbocycles. The number of carbonyl (C=O) groups is 1. The first kappa shape index (κ1) is 17.3. The van der Waals surface area contributed by atoms with E-state index in [0.717, 1.165) is 24.2 Å². The minimum Gasteiger partial charge on any atom is -0.454 e. The zero-order valence-corrected chi connectivity index (χ0v) is 13.8. The molecule has 0 unspecified atom stereocenters. The van der Waals surface area contributed by atoms with Crippen molar-refractivity contribution in [3.05, 3.63) is 23.8 Å². The number of hydrogen-bond acceptors (Lipinski definition) is 4. The van der Waals surface area contributed by atoms with Crippen molar-refractivity contribution >= 4 is 12.1 Å². The number of rotatable bonds is 10. The van der Waals surface area contributed by atoms with Crippen LogP contribution in [0.4, 0.5) is 0 Å². The monoisotopic (exact) mass is 318 g/mol. The number of carbonyl (C=O) groups excluding carboxylic acids is 1. The fraction of sp³-hybridized carbons (Fsp3) is 0.556. The number of nitrogens with zero attached hydrogens (tertiary/aromatic N) is 1. The molecular formula is C18H26N2O3. The van der Waals surface area contributed by atoms with Gasteiger partial charge < -0.3 is 9.47 Å². The highest BCUT2D eigenvalue weighted by Gasteiger charge is 2.12. The minimum absolute atomic E-state index is 0.0319. The first-order valence-corrected chi connectivity index (χ1v) is 8.51. The first-order chi connectivity index (χ1) is 11.3. The van der Waals surface area contributed by atoms with E-state index in [4.69, 9.17) is 9.47 Å². The van der Waals surface area contributed by atoms with E-state index in [1.807, 2.05) is 18.2 Å². The van der Waals surface area contributed by atoms with Gasteiger partial charge in [0, 0.05) is 6.42 Å². The fourth-order valence-corrected chi connectivity index (χ4v) is 2.47. The molecule has 1 aliphatic rings. The zero-order valence-electron chi connectivity index (χ0n) is 13.8. The van der Waals surface area contributed by atoms with E-state index in [9.17, 15) is 4.79 Å². The molecule has 1 aliphatic heterocycles. The Labute approximate surface area is 138 Å². The lowest BCUT2D eigenvalue weighted by molar-refractivity contribution is -0.121. The van der Waals surface area contributed by atoms with Crippen LogP contribution in [0.15, 0.2) is 23.3 Å². The van der Waals surface area contributed by atoms with E-state index in [1.165, 1.54) is 32.1 Å². The Morgan fingerprint density at radius 1 is 1.13 bits per heavy atom. The van der Waals surface area contributed by atoms with Crippen LogP contribution in [0.25, 0.3) is 0 Å². The summed E-state index contributed by atoms with van der Waals surface area (Å²) in [5.74, 6) is 1.42. The van der Waals surface area contributed by atoms with E-state index in [1.54, 1.807) is 6.21 Å². The quantitative estimate of drug-likeness (QED) is 0.403. The Balaban J connectivity index is 1.59. The Morgan fingerprint density at radius 3 is 2.70 bits per heavy atom. The van der Waals surface area contributed by atoms with E-state index < -0.39 is 0 Å². The number of hydrogen-bond donors (Lipinski definition) is 1. The second-order valence-electron chi connectivity index (χ2n) is 5.78. The molecule has 1 aromatic carbocycles. The van der Waals surface area contributed by atoms with Gasteiger partial charge in [-0.2, -0.15) is 5.10 Å². The normalized spacial score (nSPS) is 12.7. The predicted octanol–water partition coefficient (Wildman–Crippen LogP) is 4.01. The molecule has 0 aromatic heterocycles. The largest absolute Gasteiger partial charge is 0.454 e. The van der Waals surface area contributed by atoms with Crippen molar-refractivity contribution in [2.45, 2.75) is 58.3 Å². The van der Waals surface area contributed by atoms with Crippen LogP contribution in [0, 0.1) is 0 Å². The third-order valence-electron chi connectivity index (χ3n) is 3.81. The lowest BCUT2D eigenvalue weighted by Gasteiger charge is -2.01. The first-order valence-electron chi connectivity index (χ1n) is 8.51. The molecule has 2 rings (SSSR count). The van der Waals surface area contributed by atoms with E-state index in [2.05, 4.69) is 17.5 Å². The average Bonchev–Trinajstić information content (AvgIpc) is 3.02. The number of nitrogens with one attached hydrogen (secondary N) is 1. The van der Waals surface area contributed by atoms with Crippen LogP contribution < -0.4 is 14.9 Å². The van der Waals surface area contributed by atoms with Gasteiger partial charge in [0.1, 0.15) is 0 Å². The molecule has 1 N–H and O–H groups in total. The molecule has 0 radical (unpaired) electrons. The summed E-state index contributed by atoms with van der Waals surface area (Å²) < 4.78 is 10.5. The smallest absolute Gasteiger partial charge is 0.240 e. The molecule has 0 fully saturated rings. The number of fused-ring (bicyclic) bond motifs is 1. The topological polar surface area (TPSA) is 59.9 Å². The van der Waals surface area contributed by atoms with Crippen molar-refractivity contribution in [3.8, 4) is 11.5 Å². The molecule has 0 saturated heterocycles. The summed E-state index contributed by atoms with van der Waals surface area (Å²) in [6.45, 7) is 2.47. The molecular weight excluding hydrogens is 292 g/mol. The maximum absolute atomic E-state index is 11.7. The molecule has 23 heavy (non-hydrogen) atoms. The van der Waals surface area contributed by atoms with Crippen LogP contribution in [0.5, 0.6) is 11.5 Å². The third kappa shape index (κ3) is 6.30. The summed E-state index contributed by atoms with van der Waals surface area (Å²) >= 11 is 0. The van der Waals surface area contributed by atoms with Crippen LogP contribution in [0.1, 0.15) is 63.9 Å². The molecule has 0 atom stereocenters. The molecule has 126 valence electrons. The fourth-order valence-electron chi connectivity index (χ4n) is 2.47. The van der Waals surface area contributed by atoms with E-state index in [0.29, 0.717) is 12.2 Å². The summed E-state index contributed by atoms with van der Waals surface area (Å²) in [6, 6.07) is 5.55. The highest BCUT2D eigenvalue weighted by Crippen LogP contribution is 2.31. The van der Waals surface area contributed by atoms with Gasteiger partial charge in [-0.1, -0.05) is 45.4 Å². The van der Waals surface area contributed by atoms with Crippen LogP contribution in [-0.2, 0) is 4.79 Å². The zero-order chi connectivity index (χ0) is 16.3. The van der Waals surface area contributed by atoms with Crippen molar-refractivity contribution in [1.29, 1.82) is 0 Å². The van der Waals surface area contributed by atoms with Crippen LogP contribution >= 0.6 is 0 Å². The molecule has 0 aliphatic carbocycles. The number of hydrazone groups is 1. The summed E-state index contributed by atoms with van der Waals surface area (Å²) in [5.41, 5.74) is 3.43. The van der Waals surface area contributed by atoms with Crippen molar-refractivity contribution in [3.63, 3.8) is 0 Å². The Kier molecular flexibility index (Phi) is 7.43. The molecule has 0 bridgehead atoms. The second kappa shape index (κ2) is 9.87. The van der Waals surface area contributed by atoms with Crippen LogP contribution in [-0.4, -0.2) is 18.9 Å². The van der Waals surface area contributed by atoms with Gasteiger partial charge in [-0.15, -0.1) is 0 Å². The summed E-state index contributed by atoms with van der Waals surface area (Å²) in [4.78, 5) is 11.7. The molecule has 1 aromatic rings. The van der Waals surface area contributed by atoms with E-state index >= 15 is 0 Å². The molecule has 5 nitrogen and oxygen atoms in total. The predicted molar refractivity (Wildman–Crippen MR) is 90.9 cm³/mol. The van der Waals surface area contributed by atoms with Gasteiger partial charge in [0.2, 0.25) is 12.7 Å². The maximum atomic E-state index is 11.7. The van der Waals surface area contributed by atoms with Gasteiger partial charge in [-0.25, -0.2) is 5.43 Å². The number of unbranched alkanes of at least 4 members (excludes halogenated alkanes) is 6. The van der Waals surface area contributed by atoms with Crippen molar-refractivity contribution in [1.82, 2.24) is 5.43 Å². The highest BCUT2D eigenvalue weighted by molar-refractivity contribution is 5.83. The van der Waals surface area contributed by atoms with Gasteiger partial charge >= 0.3 is 0 Å². The third-order valence-corrected chi connectivity index (χ3v) is 3.81. The lowest BCUT2D eigenvalue weighted by atomic mass is 10.1. The van der Waals surface area contributed by atoms with E-state index in [-0.39, 0.29) is 12.7 Å². The van der Waals surface area contributed by atoms with Gasteiger partial charge in [-0.05, 0) is 30.2 Å². The molecule has 0 spiro atoms. The Hall–Kier alpha value is -2.04. The summed E-state index contributed by atoms with van der Waals surface area (Å²) in [6.07, 6.45) is 10.6. The van der Waals surface area contributed by atoms with Crippen molar-refractivity contribution in [2.75, 3.05) is 6.79 Å². The number of benzene rings is 1. The SMILES string of the molecule is CCCCCCCCCC(=O)N/N=C\c1ccc2c(c1)OCO2. The van der Waals surface area contributed by atoms with Crippen LogP contribution in [0.3, 0.4) is 0 Å². The maximum Gasteiger partial charge on any atom is 0.240 e. The summed E-state index contributed by atoms with van der Waals surface area (Å²) in [5, 5.41) is 3.99. The van der Waals surface area contributed by atoms with Gasteiger partial charge in [0.15, 0.2) is 11.5 Å². The Morgan fingerprint density at radius 2 is 1.87 bits per heavy atom. The molecule has 5 heteroatoms. The number of amides is 1. The molecule has 1 heterocycles. The van der Waals surface area contributed by atoms with Crippen LogP contribution in [0.2, 0.25) is 0 Å². The van der Waals surface area contributed by atoms with Gasteiger partial charge in [0.25, 0.3) is 0 Å². The van der Waals surface area contributed by atoms with Crippen molar-refractivity contribution in [2.24, 2.45) is 5.10 Å². The summed E-state index contributed by atoms with van der Waals surface area (Å²) in [7, 11) is 0. The van der Waals surface area contributed by atoms with Crippen molar-refractivity contribution < 1.29 is 14.3 Å². The lowest BCUT2D eigenvalue weighted by Crippen LogP contribution is -2.16. The van der Waals surface area contributed by atoms with Gasteiger partial charge in [0.05, 0.1) is 6.21 Å². The Bertz CT molecular complexity index is 529. The number of ether oxygens (including phenoxy) is 2. The molecule has 1 amide bonds. The standard InChI is InChI=1S/C18H26N2O3/c1-2-3-4-5-6-7-8-9-18(21)20-19-13-15-10-11-16-17(12-15)23-14-22-16/h10-13H,2-9,14H2,1H3,(H,20,21)/b19-13-. The van der Waals surface area contributed by atoms with Gasteiger partial charge in [-0.3, -0.25) is 4.79 Å². The minimum atomic E-state index is -0.0319. The highest BCUT2D eigenvalue weighted by atomic mass is 16.7. The average molecular weight is 318 g/mol.